The van der Waals surface area contributed by atoms with Crippen molar-refractivity contribution in [3.8, 4) is 0 Å². The highest BCUT2D eigenvalue weighted by molar-refractivity contribution is 9.10. The van der Waals surface area contributed by atoms with Crippen molar-refractivity contribution in [1.82, 2.24) is 9.88 Å². The van der Waals surface area contributed by atoms with Gasteiger partial charge in [-0.25, -0.2) is 0 Å². The third kappa shape index (κ3) is 3.48. The summed E-state index contributed by atoms with van der Waals surface area (Å²) >= 11 is 3.52. The van der Waals surface area contributed by atoms with Crippen molar-refractivity contribution in [2.75, 3.05) is 26.3 Å². The number of H-pyrrole nitrogens is 1. The first-order valence-corrected chi connectivity index (χ1v) is 11.7. The molecule has 0 aliphatic carbocycles. The van der Waals surface area contributed by atoms with E-state index in [1.54, 1.807) is 0 Å². The van der Waals surface area contributed by atoms with Gasteiger partial charge >= 0.3 is 0 Å². The van der Waals surface area contributed by atoms with Gasteiger partial charge in [0.25, 0.3) is 0 Å². The molecule has 2 fully saturated rings. The molecule has 0 bridgehead atoms. The Hall–Kier alpha value is -2.11. The molecule has 5 heteroatoms. The number of likely N-dealkylation sites (tertiary alicyclic amines) is 1. The van der Waals surface area contributed by atoms with E-state index in [0.717, 1.165) is 48.8 Å². The lowest BCUT2D eigenvalue weighted by Crippen LogP contribution is -2.51. The lowest BCUT2D eigenvalue weighted by Gasteiger charge is -2.42. The summed E-state index contributed by atoms with van der Waals surface area (Å²) in [6, 6.07) is 16.8. The van der Waals surface area contributed by atoms with Crippen molar-refractivity contribution in [3.63, 3.8) is 0 Å². The summed E-state index contributed by atoms with van der Waals surface area (Å²) in [5.74, 6) is 0.786. The first-order chi connectivity index (χ1) is 14.7. The molecule has 2 aliphatic heterocycles. The number of benzene rings is 2. The van der Waals surface area contributed by atoms with E-state index in [1.807, 2.05) is 12.1 Å². The smallest absolute Gasteiger partial charge is 0.233 e. The van der Waals surface area contributed by atoms with Crippen molar-refractivity contribution in [1.29, 1.82) is 0 Å². The number of aromatic amines is 1. The zero-order valence-electron chi connectivity index (χ0n) is 17.1. The summed E-state index contributed by atoms with van der Waals surface area (Å²) in [6.07, 6.45) is 5.71. The number of halogens is 1. The molecule has 3 aromatic rings. The Morgan fingerprint density at radius 2 is 1.73 bits per heavy atom. The zero-order valence-corrected chi connectivity index (χ0v) is 18.7. The van der Waals surface area contributed by atoms with Crippen LogP contribution >= 0.6 is 15.9 Å². The number of nitrogens with zero attached hydrogens (tertiary/aromatic N) is 1. The average molecular weight is 467 g/mol. The number of carbonyl (C=O) groups excluding carboxylic acids is 1. The molecular weight excluding hydrogens is 440 g/mol. The number of ether oxygens (including phenoxy) is 1. The van der Waals surface area contributed by atoms with Crippen LogP contribution in [0, 0.1) is 0 Å². The molecule has 5 rings (SSSR count). The minimum Gasteiger partial charge on any atom is -0.381 e. The molecule has 0 atom stereocenters. The molecule has 30 heavy (non-hydrogen) atoms. The minimum atomic E-state index is -0.452. The predicted molar refractivity (Wildman–Crippen MR) is 123 cm³/mol. The molecule has 2 saturated heterocycles. The van der Waals surface area contributed by atoms with Crippen molar-refractivity contribution in [3.05, 3.63) is 70.3 Å². The van der Waals surface area contributed by atoms with Gasteiger partial charge in [-0.15, -0.1) is 0 Å². The van der Waals surface area contributed by atoms with Crippen LogP contribution in [0.25, 0.3) is 10.9 Å². The zero-order chi connectivity index (χ0) is 20.6. The van der Waals surface area contributed by atoms with Gasteiger partial charge in [0.15, 0.2) is 0 Å². The predicted octanol–water partition coefficient (Wildman–Crippen LogP) is 5.38. The minimum absolute atomic E-state index is 0.283. The maximum Gasteiger partial charge on any atom is 0.233 e. The lowest BCUT2D eigenvalue weighted by atomic mass is 9.72. The molecule has 3 heterocycles. The number of hydrogen-bond donors (Lipinski definition) is 1. The Labute approximate surface area is 185 Å². The van der Waals surface area contributed by atoms with Crippen LogP contribution in [-0.4, -0.2) is 42.1 Å². The molecular formula is C25H27BrN2O2. The second-order valence-electron chi connectivity index (χ2n) is 8.56. The third-order valence-electron chi connectivity index (χ3n) is 7.00. The van der Waals surface area contributed by atoms with Gasteiger partial charge in [0.05, 0.1) is 5.41 Å². The Balaban J connectivity index is 1.35. The third-order valence-corrected chi connectivity index (χ3v) is 7.52. The number of carbonyl (C=O) groups is 1. The van der Waals surface area contributed by atoms with Gasteiger partial charge in [0.1, 0.15) is 0 Å². The van der Waals surface area contributed by atoms with Crippen molar-refractivity contribution in [2.45, 2.75) is 37.0 Å². The number of nitrogens with one attached hydrogen (secondary N) is 1. The van der Waals surface area contributed by atoms with Gasteiger partial charge in [-0.1, -0.05) is 46.3 Å². The highest BCUT2D eigenvalue weighted by atomic mass is 79.9. The molecule has 2 aromatic carbocycles. The summed E-state index contributed by atoms with van der Waals surface area (Å²) in [5.41, 5.74) is 3.26. The number of hydrogen-bond acceptors (Lipinski definition) is 2. The highest BCUT2D eigenvalue weighted by Gasteiger charge is 2.44. The maximum absolute atomic E-state index is 13.8. The first kappa shape index (κ1) is 19.8. The summed E-state index contributed by atoms with van der Waals surface area (Å²) in [5, 5.41) is 1.32. The molecule has 2 aliphatic rings. The lowest BCUT2D eigenvalue weighted by molar-refractivity contribution is -0.142. The number of piperidine rings is 1. The van der Waals surface area contributed by atoms with Gasteiger partial charge in [0, 0.05) is 47.9 Å². The molecule has 1 N–H and O–H groups in total. The standard InChI is InChI=1S/C25H27BrN2O2/c26-20-7-5-19(6-8-20)25(11-15-30-16-12-25)24(29)28-13-9-18(10-14-28)22-17-27-23-4-2-1-3-21(22)23/h1-8,17-18,27H,9-16H2. The van der Waals surface area contributed by atoms with Crippen LogP contribution in [0.15, 0.2) is 59.2 Å². The van der Waals surface area contributed by atoms with Crippen LogP contribution in [0.5, 0.6) is 0 Å². The van der Waals surface area contributed by atoms with Crippen LogP contribution in [-0.2, 0) is 14.9 Å². The average Bonchev–Trinajstić information content (AvgIpc) is 3.24. The summed E-state index contributed by atoms with van der Waals surface area (Å²) < 4.78 is 6.67. The van der Waals surface area contributed by atoms with Crippen LogP contribution < -0.4 is 0 Å². The van der Waals surface area contributed by atoms with Gasteiger partial charge in [-0.05, 0) is 60.9 Å². The molecule has 1 aromatic heterocycles. The Morgan fingerprint density at radius 3 is 2.47 bits per heavy atom. The van der Waals surface area contributed by atoms with Gasteiger partial charge in [-0.3, -0.25) is 4.79 Å². The number of rotatable bonds is 3. The maximum atomic E-state index is 13.8. The van der Waals surface area contributed by atoms with E-state index < -0.39 is 5.41 Å². The topological polar surface area (TPSA) is 45.3 Å². The summed E-state index contributed by atoms with van der Waals surface area (Å²) in [6.45, 7) is 2.94. The molecule has 156 valence electrons. The Bertz CT molecular complexity index is 1030. The van der Waals surface area contributed by atoms with E-state index in [9.17, 15) is 4.79 Å². The number of para-hydroxylation sites is 1. The summed E-state index contributed by atoms with van der Waals surface area (Å²) in [7, 11) is 0. The fourth-order valence-electron chi connectivity index (χ4n) is 5.24. The summed E-state index contributed by atoms with van der Waals surface area (Å²) in [4.78, 5) is 19.3. The van der Waals surface area contributed by atoms with Crippen molar-refractivity contribution >= 4 is 32.7 Å². The van der Waals surface area contributed by atoms with Gasteiger partial charge in [-0.2, -0.15) is 0 Å². The number of amides is 1. The van der Waals surface area contributed by atoms with Crippen molar-refractivity contribution in [2.24, 2.45) is 0 Å². The second kappa shape index (κ2) is 8.20. The molecule has 4 nitrogen and oxygen atoms in total. The van der Waals surface area contributed by atoms with Crippen LogP contribution in [0.4, 0.5) is 0 Å². The van der Waals surface area contributed by atoms with E-state index >= 15 is 0 Å². The molecule has 0 unspecified atom stereocenters. The fraction of sp³-hybridized carbons (Fsp3) is 0.400. The van der Waals surface area contributed by atoms with Gasteiger partial charge in [0.2, 0.25) is 5.91 Å². The molecule has 1 amide bonds. The van der Waals surface area contributed by atoms with Crippen LogP contribution in [0.1, 0.15) is 42.7 Å². The Kier molecular flexibility index (Phi) is 5.42. The van der Waals surface area contributed by atoms with Crippen molar-refractivity contribution < 1.29 is 9.53 Å². The first-order valence-electron chi connectivity index (χ1n) is 10.9. The number of fused-ring (bicyclic) bond motifs is 1. The van der Waals surface area contributed by atoms with E-state index in [2.05, 4.69) is 68.4 Å². The highest BCUT2D eigenvalue weighted by Crippen LogP contribution is 2.40. The molecule has 0 saturated carbocycles. The SMILES string of the molecule is O=C(N1CCC(c2c[nH]c3ccccc23)CC1)C1(c2ccc(Br)cc2)CCOCC1. The van der Waals surface area contributed by atoms with E-state index in [1.165, 1.54) is 16.5 Å². The monoisotopic (exact) mass is 466 g/mol. The van der Waals surface area contributed by atoms with Gasteiger partial charge < -0.3 is 14.6 Å². The quantitative estimate of drug-likeness (QED) is 0.562. The normalized spacial score (nSPS) is 19.8. The second-order valence-corrected chi connectivity index (χ2v) is 9.47. The van der Waals surface area contributed by atoms with E-state index in [-0.39, 0.29) is 5.91 Å². The molecule has 0 radical (unpaired) electrons. The van der Waals surface area contributed by atoms with Crippen LogP contribution in [0.3, 0.4) is 0 Å². The fourth-order valence-corrected chi connectivity index (χ4v) is 5.51. The molecule has 0 spiro atoms. The number of aromatic nitrogens is 1. The largest absolute Gasteiger partial charge is 0.381 e. The Morgan fingerprint density at radius 1 is 1.03 bits per heavy atom. The van der Waals surface area contributed by atoms with E-state index in [4.69, 9.17) is 4.74 Å². The van der Waals surface area contributed by atoms with Crippen LogP contribution in [0.2, 0.25) is 0 Å². The van der Waals surface area contributed by atoms with E-state index in [0.29, 0.717) is 19.1 Å².